The van der Waals surface area contributed by atoms with Crippen LogP contribution in [0.5, 0.6) is 0 Å². The second kappa shape index (κ2) is 6.66. The topological polar surface area (TPSA) is 65.7 Å². The smallest absolute Gasteiger partial charge is 0.322 e. The first-order valence-electron chi connectivity index (χ1n) is 7.58. The van der Waals surface area contributed by atoms with E-state index < -0.39 is 6.10 Å². The number of aliphatic hydroxyl groups is 1. The van der Waals surface area contributed by atoms with Gasteiger partial charge >= 0.3 is 6.03 Å². The molecule has 0 aliphatic carbocycles. The zero-order valence-corrected chi connectivity index (χ0v) is 12.3. The highest BCUT2D eigenvalue weighted by Crippen LogP contribution is 2.28. The number of benzene rings is 1. The number of aliphatic hydroxyl groups excluding tert-OH is 1. The van der Waals surface area contributed by atoms with Crippen molar-refractivity contribution in [1.82, 2.24) is 4.90 Å². The van der Waals surface area contributed by atoms with Crippen molar-refractivity contribution in [1.29, 1.82) is 0 Å². The summed E-state index contributed by atoms with van der Waals surface area (Å²) in [5.41, 5.74) is 0.782. The van der Waals surface area contributed by atoms with Gasteiger partial charge < -0.3 is 19.7 Å². The Labute approximate surface area is 129 Å². The Hall–Kier alpha value is -2.27. The highest BCUT2D eigenvalue weighted by Gasteiger charge is 2.31. The van der Waals surface area contributed by atoms with Gasteiger partial charge in [-0.2, -0.15) is 0 Å². The van der Waals surface area contributed by atoms with Gasteiger partial charge in [0, 0.05) is 24.7 Å². The molecule has 1 saturated heterocycles. The Morgan fingerprint density at radius 1 is 1.32 bits per heavy atom. The summed E-state index contributed by atoms with van der Waals surface area (Å²) in [6, 6.07) is 12.8. The van der Waals surface area contributed by atoms with Gasteiger partial charge in [-0.05, 0) is 37.1 Å². The summed E-state index contributed by atoms with van der Waals surface area (Å²) < 4.78 is 5.23. The van der Waals surface area contributed by atoms with Crippen LogP contribution in [0.2, 0.25) is 0 Å². The summed E-state index contributed by atoms with van der Waals surface area (Å²) in [5, 5.41) is 13.1. The Morgan fingerprint density at radius 3 is 2.86 bits per heavy atom. The van der Waals surface area contributed by atoms with Crippen LogP contribution in [0.15, 0.2) is 53.1 Å². The summed E-state index contributed by atoms with van der Waals surface area (Å²) in [7, 11) is 0. The number of anilines is 1. The van der Waals surface area contributed by atoms with E-state index in [4.69, 9.17) is 4.42 Å². The minimum atomic E-state index is -0.676. The predicted octanol–water partition coefficient (Wildman–Crippen LogP) is 3.40. The van der Waals surface area contributed by atoms with Crippen molar-refractivity contribution in [2.75, 3.05) is 11.9 Å². The van der Waals surface area contributed by atoms with Gasteiger partial charge in [-0.25, -0.2) is 4.79 Å². The third-order valence-corrected chi connectivity index (χ3v) is 4.03. The lowest BCUT2D eigenvalue weighted by Gasteiger charge is -2.26. The van der Waals surface area contributed by atoms with Crippen LogP contribution in [0, 0.1) is 0 Å². The largest absolute Gasteiger partial charge is 0.467 e. The molecule has 0 spiro atoms. The van der Waals surface area contributed by atoms with Gasteiger partial charge in [0.2, 0.25) is 0 Å². The van der Waals surface area contributed by atoms with E-state index in [9.17, 15) is 9.90 Å². The second-order valence-electron chi connectivity index (χ2n) is 5.55. The lowest BCUT2D eigenvalue weighted by Crippen LogP contribution is -2.39. The summed E-state index contributed by atoms with van der Waals surface area (Å²) >= 11 is 0. The van der Waals surface area contributed by atoms with Gasteiger partial charge in [-0.1, -0.05) is 18.2 Å². The molecule has 1 fully saturated rings. The molecule has 2 N–H and O–H groups in total. The lowest BCUT2D eigenvalue weighted by molar-refractivity contribution is 0.110. The maximum absolute atomic E-state index is 12.4. The fraction of sp³-hybridized carbons (Fsp3) is 0.353. The number of furan rings is 1. The third kappa shape index (κ3) is 3.31. The molecule has 2 heterocycles. The van der Waals surface area contributed by atoms with Crippen molar-refractivity contribution < 1.29 is 14.3 Å². The molecule has 0 radical (unpaired) electrons. The number of rotatable bonds is 4. The molecule has 5 nitrogen and oxygen atoms in total. The molecule has 3 rings (SSSR count). The molecule has 116 valence electrons. The van der Waals surface area contributed by atoms with Gasteiger partial charge in [-0.15, -0.1) is 0 Å². The molecule has 1 aromatic heterocycles. The molecule has 0 unspecified atom stereocenters. The Bertz CT molecular complexity index is 598. The van der Waals surface area contributed by atoms with E-state index in [0.29, 0.717) is 18.7 Å². The monoisotopic (exact) mass is 300 g/mol. The van der Waals surface area contributed by atoms with Crippen LogP contribution in [0.1, 0.15) is 31.1 Å². The molecule has 2 amide bonds. The fourth-order valence-electron chi connectivity index (χ4n) is 2.92. The minimum absolute atomic E-state index is 0.0313. The number of amides is 2. The molecule has 0 bridgehead atoms. The van der Waals surface area contributed by atoms with E-state index in [1.54, 1.807) is 23.3 Å². The van der Waals surface area contributed by atoms with E-state index in [1.165, 1.54) is 0 Å². The summed E-state index contributed by atoms with van der Waals surface area (Å²) in [6.45, 7) is 0.716. The SMILES string of the molecule is O=C(Nc1ccccc1)N1CCC[C@H]1C[C@H](O)c1ccco1. The highest BCUT2D eigenvalue weighted by atomic mass is 16.4. The quantitative estimate of drug-likeness (QED) is 0.909. The van der Waals surface area contributed by atoms with Gasteiger partial charge in [-0.3, -0.25) is 0 Å². The number of likely N-dealkylation sites (tertiary alicyclic amines) is 1. The lowest BCUT2D eigenvalue weighted by atomic mass is 10.1. The van der Waals surface area contributed by atoms with Crippen molar-refractivity contribution in [3.05, 3.63) is 54.5 Å². The third-order valence-electron chi connectivity index (χ3n) is 4.03. The summed E-state index contributed by atoms with van der Waals surface area (Å²) in [4.78, 5) is 14.2. The Balaban J connectivity index is 1.61. The van der Waals surface area contributed by atoms with Crippen LogP contribution in [0.25, 0.3) is 0 Å². The number of hydrogen-bond donors (Lipinski definition) is 2. The maximum Gasteiger partial charge on any atom is 0.322 e. The van der Waals surface area contributed by atoms with E-state index in [1.807, 2.05) is 30.3 Å². The van der Waals surface area contributed by atoms with Crippen LogP contribution < -0.4 is 5.32 Å². The standard InChI is InChI=1S/C17H20N2O3/c20-15(16-9-5-11-22-16)12-14-8-4-10-19(14)17(21)18-13-6-2-1-3-7-13/h1-3,5-7,9,11,14-15,20H,4,8,10,12H2,(H,18,21)/t14-,15-/m0/s1. The molecule has 22 heavy (non-hydrogen) atoms. The number of carbonyl (C=O) groups is 1. The number of para-hydroxylation sites is 1. The molecular weight excluding hydrogens is 280 g/mol. The van der Waals surface area contributed by atoms with Crippen LogP contribution in [0.3, 0.4) is 0 Å². The van der Waals surface area contributed by atoms with Crippen LogP contribution in [-0.2, 0) is 0 Å². The average molecular weight is 300 g/mol. The van der Waals surface area contributed by atoms with Crippen LogP contribution in [0.4, 0.5) is 10.5 Å². The van der Waals surface area contributed by atoms with Crippen molar-refractivity contribution >= 4 is 11.7 Å². The van der Waals surface area contributed by atoms with Gasteiger partial charge in [0.1, 0.15) is 11.9 Å². The van der Waals surface area contributed by atoms with E-state index in [0.717, 1.165) is 18.5 Å². The number of nitrogens with zero attached hydrogens (tertiary/aromatic N) is 1. The predicted molar refractivity (Wildman–Crippen MR) is 83.5 cm³/mol. The molecular formula is C17H20N2O3. The van der Waals surface area contributed by atoms with Crippen molar-refractivity contribution in [3.8, 4) is 0 Å². The van der Waals surface area contributed by atoms with Crippen LogP contribution in [-0.4, -0.2) is 28.6 Å². The molecule has 1 aliphatic rings. The van der Waals surface area contributed by atoms with Crippen molar-refractivity contribution in [2.24, 2.45) is 0 Å². The first-order chi connectivity index (χ1) is 10.7. The molecule has 1 aliphatic heterocycles. The summed E-state index contributed by atoms with van der Waals surface area (Å²) in [6.07, 6.45) is 3.23. The molecule has 1 aromatic carbocycles. The van der Waals surface area contributed by atoms with Gasteiger partial charge in [0.05, 0.1) is 6.26 Å². The highest BCUT2D eigenvalue weighted by molar-refractivity contribution is 5.89. The van der Waals surface area contributed by atoms with Gasteiger partial charge in [0.25, 0.3) is 0 Å². The first kappa shape index (κ1) is 14.7. The maximum atomic E-state index is 12.4. The number of urea groups is 1. The average Bonchev–Trinajstić information content (AvgIpc) is 3.19. The molecule has 5 heteroatoms. The van der Waals surface area contributed by atoms with Gasteiger partial charge in [0.15, 0.2) is 0 Å². The Kier molecular flexibility index (Phi) is 4.44. The summed E-state index contributed by atoms with van der Waals surface area (Å²) in [5.74, 6) is 0.551. The van der Waals surface area contributed by atoms with E-state index in [2.05, 4.69) is 5.32 Å². The van der Waals surface area contributed by atoms with Crippen LogP contribution >= 0.6 is 0 Å². The fourth-order valence-corrected chi connectivity index (χ4v) is 2.92. The number of carbonyl (C=O) groups excluding carboxylic acids is 1. The molecule has 2 atom stereocenters. The van der Waals surface area contributed by atoms with E-state index >= 15 is 0 Å². The van der Waals surface area contributed by atoms with E-state index in [-0.39, 0.29) is 12.1 Å². The zero-order valence-electron chi connectivity index (χ0n) is 12.3. The Morgan fingerprint density at radius 2 is 2.14 bits per heavy atom. The zero-order chi connectivity index (χ0) is 15.4. The van der Waals surface area contributed by atoms with Crippen molar-refractivity contribution in [3.63, 3.8) is 0 Å². The minimum Gasteiger partial charge on any atom is -0.467 e. The molecule has 0 saturated carbocycles. The number of hydrogen-bond acceptors (Lipinski definition) is 3. The normalized spacial score (nSPS) is 19.1. The second-order valence-corrected chi connectivity index (χ2v) is 5.55. The number of nitrogens with one attached hydrogen (secondary N) is 1. The molecule has 2 aromatic rings. The van der Waals surface area contributed by atoms with Crippen molar-refractivity contribution in [2.45, 2.75) is 31.4 Å². The first-order valence-corrected chi connectivity index (χ1v) is 7.58.